The van der Waals surface area contributed by atoms with Gasteiger partial charge in [-0.05, 0) is 29.8 Å². The second-order valence-electron chi connectivity index (χ2n) is 7.98. The van der Waals surface area contributed by atoms with Gasteiger partial charge in [0.15, 0.2) is 5.76 Å². The SMILES string of the molecule is COC(=O)c1ccc2c(c1)C(=O)N(c1ccc(C(=O)Nc3cnccc3N3CCNCC3)o1)C2. The molecule has 10 heteroatoms. The highest BCUT2D eigenvalue weighted by molar-refractivity contribution is 6.11. The molecule has 3 aromatic rings. The highest BCUT2D eigenvalue weighted by Crippen LogP contribution is 2.31. The Labute approximate surface area is 195 Å². The van der Waals surface area contributed by atoms with Gasteiger partial charge in [-0.2, -0.15) is 0 Å². The van der Waals surface area contributed by atoms with Crippen LogP contribution in [0.4, 0.5) is 17.3 Å². The number of pyridine rings is 1. The second kappa shape index (κ2) is 8.99. The first-order valence-corrected chi connectivity index (χ1v) is 10.9. The number of nitrogens with zero attached hydrogens (tertiary/aromatic N) is 3. The van der Waals surface area contributed by atoms with Gasteiger partial charge in [-0.3, -0.25) is 19.5 Å². The minimum atomic E-state index is -0.512. The second-order valence-corrected chi connectivity index (χ2v) is 7.98. The lowest BCUT2D eigenvalue weighted by molar-refractivity contribution is 0.0600. The standard InChI is InChI=1S/C24H23N5O5/c1-33-24(32)15-2-3-16-14-29(23(31)17(16)12-15)21-5-4-20(34-21)22(30)27-18-13-26-7-6-19(18)28-10-8-25-9-11-28/h2-7,12-13,25H,8-11,14H2,1H3,(H,27,30). The molecule has 34 heavy (non-hydrogen) atoms. The Balaban J connectivity index is 1.32. The first-order chi connectivity index (χ1) is 16.5. The molecule has 1 saturated heterocycles. The van der Waals surface area contributed by atoms with Crippen molar-refractivity contribution in [2.75, 3.05) is 48.4 Å². The van der Waals surface area contributed by atoms with E-state index >= 15 is 0 Å². The number of piperazine rings is 1. The zero-order valence-corrected chi connectivity index (χ0v) is 18.5. The van der Waals surface area contributed by atoms with Crippen molar-refractivity contribution in [1.29, 1.82) is 0 Å². The molecule has 0 aliphatic carbocycles. The molecule has 0 bridgehead atoms. The van der Waals surface area contributed by atoms with E-state index in [0.29, 0.717) is 16.8 Å². The van der Waals surface area contributed by atoms with E-state index in [0.717, 1.165) is 37.4 Å². The van der Waals surface area contributed by atoms with Crippen LogP contribution in [0.1, 0.15) is 36.8 Å². The molecule has 5 rings (SSSR count). The lowest BCUT2D eigenvalue weighted by Gasteiger charge is -2.30. The predicted molar refractivity (Wildman–Crippen MR) is 124 cm³/mol. The van der Waals surface area contributed by atoms with Crippen molar-refractivity contribution in [2.24, 2.45) is 0 Å². The van der Waals surface area contributed by atoms with Crippen LogP contribution in [0.3, 0.4) is 0 Å². The number of hydrogen-bond donors (Lipinski definition) is 2. The molecule has 0 spiro atoms. The minimum Gasteiger partial charge on any atom is -0.465 e. The zero-order chi connectivity index (χ0) is 23.7. The third-order valence-electron chi connectivity index (χ3n) is 5.92. The number of furan rings is 1. The summed E-state index contributed by atoms with van der Waals surface area (Å²) in [4.78, 5) is 45.4. The molecule has 2 aromatic heterocycles. The highest BCUT2D eigenvalue weighted by atomic mass is 16.5. The van der Waals surface area contributed by atoms with Crippen molar-refractivity contribution in [3.8, 4) is 0 Å². The van der Waals surface area contributed by atoms with E-state index in [-0.39, 0.29) is 24.1 Å². The van der Waals surface area contributed by atoms with E-state index in [1.54, 1.807) is 30.6 Å². The lowest BCUT2D eigenvalue weighted by Crippen LogP contribution is -2.43. The number of carbonyl (C=O) groups is 3. The summed E-state index contributed by atoms with van der Waals surface area (Å²) in [6, 6.07) is 9.84. The van der Waals surface area contributed by atoms with E-state index in [4.69, 9.17) is 9.15 Å². The van der Waals surface area contributed by atoms with Gasteiger partial charge in [0.05, 0.1) is 36.8 Å². The number of aromatic nitrogens is 1. The van der Waals surface area contributed by atoms with E-state index in [1.807, 2.05) is 6.07 Å². The number of nitrogens with one attached hydrogen (secondary N) is 2. The summed E-state index contributed by atoms with van der Waals surface area (Å²) < 4.78 is 10.5. The topological polar surface area (TPSA) is 117 Å². The quantitative estimate of drug-likeness (QED) is 0.556. The number of rotatable bonds is 5. The number of benzene rings is 1. The molecule has 2 amide bonds. The Hall–Kier alpha value is -4.18. The van der Waals surface area contributed by atoms with Crippen LogP contribution in [-0.2, 0) is 11.3 Å². The van der Waals surface area contributed by atoms with E-state index in [2.05, 4.69) is 20.5 Å². The maximum Gasteiger partial charge on any atom is 0.337 e. The Morgan fingerprint density at radius 1 is 1.15 bits per heavy atom. The monoisotopic (exact) mass is 461 g/mol. The van der Waals surface area contributed by atoms with E-state index < -0.39 is 11.9 Å². The number of methoxy groups -OCH3 is 1. The first kappa shape index (κ1) is 21.7. The number of ether oxygens (including phenoxy) is 1. The average molecular weight is 461 g/mol. The molecule has 2 N–H and O–H groups in total. The normalized spacial score (nSPS) is 15.3. The lowest BCUT2D eigenvalue weighted by atomic mass is 10.1. The summed E-state index contributed by atoms with van der Waals surface area (Å²) in [6.45, 7) is 3.66. The summed E-state index contributed by atoms with van der Waals surface area (Å²) in [6.07, 6.45) is 3.30. The third-order valence-corrected chi connectivity index (χ3v) is 5.92. The van der Waals surface area contributed by atoms with Crippen LogP contribution in [0.25, 0.3) is 0 Å². The fourth-order valence-corrected chi connectivity index (χ4v) is 4.17. The maximum absolute atomic E-state index is 12.9. The molecule has 0 unspecified atom stereocenters. The number of fused-ring (bicyclic) bond motifs is 1. The van der Waals surface area contributed by atoms with Gasteiger partial charge in [-0.1, -0.05) is 6.07 Å². The van der Waals surface area contributed by atoms with Gasteiger partial charge in [0.2, 0.25) is 5.88 Å². The zero-order valence-electron chi connectivity index (χ0n) is 18.5. The van der Waals surface area contributed by atoms with Crippen LogP contribution in [0, 0.1) is 0 Å². The Morgan fingerprint density at radius 3 is 2.76 bits per heavy atom. The number of hydrogen-bond acceptors (Lipinski definition) is 8. The molecule has 0 radical (unpaired) electrons. The van der Waals surface area contributed by atoms with Gasteiger partial charge in [-0.15, -0.1) is 0 Å². The minimum absolute atomic E-state index is 0.0733. The molecule has 174 valence electrons. The molecule has 10 nitrogen and oxygen atoms in total. The van der Waals surface area contributed by atoms with Crippen molar-refractivity contribution in [3.05, 3.63) is 71.2 Å². The fraction of sp³-hybridized carbons (Fsp3) is 0.250. The fourth-order valence-electron chi connectivity index (χ4n) is 4.17. The molecule has 1 aromatic carbocycles. The van der Waals surface area contributed by atoms with E-state index in [1.165, 1.54) is 24.1 Å². The Kier molecular flexibility index (Phi) is 5.72. The van der Waals surface area contributed by atoms with Gasteiger partial charge in [0, 0.05) is 44.0 Å². The Morgan fingerprint density at radius 2 is 1.97 bits per heavy atom. The summed E-state index contributed by atoms with van der Waals surface area (Å²) >= 11 is 0. The molecule has 4 heterocycles. The summed E-state index contributed by atoms with van der Waals surface area (Å²) in [5.74, 6) is -0.937. The van der Waals surface area contributed by atoms with Gasteiger partial charge in [0.1, 0.15) is 0 Å². The van der Waals surface area contributed by atoms with Crippen LogP contribution in [0.2, 0.25) is 0 Å². The molecule has 2 aliphatic heterocycles. The largest absolute Gasteiger partial charge is 0.465 e. The molecular formula is C24H23N5O5. The van der Waals surface area contributed by atoms with Gasteiger partial charge < -0.3 is 24.7 Å². The number of amides is 2. The molecule has 1 fully saturated rings. The number of esters is 1. The van der Waals surface area contributed by atoms with Crippen molar-refractivity contribution in [3.63, 3.8) is 0 Å². The van der Waals surface area contributed by atoms with Crippen LogP contribution in [0.15, 0.2) is 53.2 Å². The smallest absolute Gasteiger partial charge is 0.337 e. The van der Waals surface area contributed by atoms with Crippen molar-refractivity contribution < 1.29 is 23.5 Å². The summed E-state index contributed by atoms with van der Waals surface area (Å²) in [7, 11) is 1.29. The summed E-state index contributed by atoms with van der Waals surface area (Å²) in [5.41, 5.74) is 2.95. The van der Waals surface area contributed by atoms with Gasteiger partial charge in [0.25, 0.3) is 11.8 Å². The van der Waals surface area contributed by atoms with E-state index in [9.17, 15) is 14.4 Å². The highest BCUT2D eigenvalue weighted by Gasteiger charge is 2.32. The maximum atomic E-state index is 12.9. The molecule has 0 saturated carbocycles. The predicted octanol–water partition coefficient (Wildman–Crippen LogP) is 2.28. The van der Waals surface area contributed by atoms with Crippen molar-refractivity contribution in [2.45, 2.75) is 6.54 Å². The third kappa shape index (κ3) is 3.99. The Bertz CT molecular complexity index is 1260. The first-order valence-electron chi connectivity index (χ1n) is 10.9. The van der Waals surface area contributed by atoms with Crippen LogP contribution < -0.4 is 20.4 Å². The van der Waals surface area contributed by atoms with Crippen LogP contribution in [0.5, 0.6) is 0 Å². The van der Waals surface area contributed by atoms with Crippen molar-refractivity contribution in [1.82, 2.24) is 10.3 Å². The van der Waals surface area contributed by atoms with Crippen LogP contribution in [-0.4, -0.2) is 56.1 Å². The van der Waals surface area contributed by atoms with Crippen molar-refractivity contribution >= 4 is 35.0 Å². The number of carbonyl (C=O) groups excluding carboxylic acids is 3. The molecular weight excluding hydrogens is 438 g/mol. The van der Waals surface area contributed by atoms with Gasteiger partial charge >= 0.3 is 5.97 Å². The van der Waals surface area contributed by atoms with Crippen LogP contribution >= 0.6 is 0 Å². The molecule has 0 atom stereocenters. The average Bonchev–Trinajstić information content (AvgIpc) is 3.49. The molecule has 2 aliphatic rings. The van der Waals surface area contributed by atoms with Gasteiger partial charge in [-0.25, -0.2) is 4.79 Å². The summed E-state index contributed by atoms with van der Waals surface area (Å²) in [5, 5.41) is 6.18. The number of anilines is 3.